The van der Waals surface area contributed by atoms with Crippen molar-refractivity contribution < 1.29 is 9.47 Å². The predicted molar refractivity (Wildman–Crippen MR) is 98.6 cm³/mol. The van der Waals surface area contributed by atoms with Crippen LogP contribution in [0, 0.1) is 6.92 Å². The summed E-state index contributed by atoms with van der Waals surface area (Å²) < 4.78 is 12.1. The molecule has 0 atom stereocenters. The number of hydrogen-bond acceptors (Lipinski definition) is 6. The van der Waals surface area contributed by atoms with Crippen molar-refractivity contribution in [2.24, 2.45) is 0 Å². The van der Waals surface area contributed by atoms with Crippen LogP contribution in [0.3, 0.4) is 0 Å². The third-order valence-corrected chi connectivity index (χ3v) is 5.60. The zero-order valence-electron chi connectivity index (χ0n) is 13.9. The van der Waals surface area contributed by atoms with Crippen molar-refractivity contribution in [3.8, 4) is 22.2 Å². The number of methoxy groups -OCH3 is 1. The van der Waals surface area contributed by atoms with Gasteiger partial charge in [0, 0.05) is 17.5 Å². The summed E-state index contributed by atoms with van der Waals surface area (Å²) >= 11 is 1.70. The molecule has 0 fully saturated rings. The van der Waals surface area contributed by atoms with Crippen molar-refractivity contribution in [2.45, 2.75) is 13.3 Å². The number of aromatic nitrogens is 3. The zero-order valence-corrected chi connectivity index (χ0v) is 14.7. The van der Waals surface area contributed by atoms with E-state index in [-0.39, 0.29) is 0 Å². The standard InChI is InChI=1S/C19H15N3O2S/c1-10-7-12(17-14(8-10)21-16(23-2)9-20-17)19-22-13-3-4-15-11(5-6-24-15)18(13)25-19/h3-4,7-9H,5-6H2,1-2H3. The maximum Gasteiger partial charge on any atom is 0.232 e. The Balaban J connectivity index is 1.77. The molecule has 1 aliphatic rings. The van der Waals surface area contributed by atoms with Crippen LogP contribution in [0.1, 0.15) is 11.1 Å². The number of benzene rings is 2. The molecule has 0 N–H and O–H groups in total. The summed E-state index contributed by atoms with van der Waals surface area (Å²) in [5.41, 5.74) is 6.09. The lowest BCUT2D eigenvalue weighted by molar-refractivity contribution is 0.357. The van der Waals surface area contributed by atoms with Crippen molar-refractivity contribution in [3.05, 3.63) is 41.6 Å². The quantitative estimate of drug-likeness (QED) is 0.544. The van der Waals surface area contributed by atoms with Crippen LogP contribution in [0.15, 0.2) is 30.5 Å². The van der Waals surface area contributed by atoms with E-state index < -0.39 is 0 Å². The Morgan fingerprint density at radius 1 is 1.16 bits per heavy atom. The number of hydrogen-bond donors (Lipinski definition) is 0. The fourth-order valence-corrected chi connectivity index (χ4v) is 4.43. The second kappa shape index (κ2) is 5.39. The molecule has 0 saturated carbocycles. The zero-order chi connectivity index (χ0) is 17.0. The maximum absolute atomic E-state index is 5.68. The fourth-order valence-electron chi connectivity index (χ4n) is 3.29. The van der Waals surface area contributed by atoms with E-state index in [1.165, 1.54) is 10.3 Å². The first-order valence-electron chi connectivity index (χ1n) is 8.10. The molecule has 5 nitrogen and oxygen atoms in total. The molecule has 0 unspecified atom stereocenters. The second-order valence-corrected chi connectivity index (χ2v) is 7.10. The molecule has 3 heterocycles. The third-order valence-electron chi connectivity index (χ3n) is 4.44. The summed E-state index contributed by atoms with van der Waals surface area (Å²) in [7, 11) is 1.60. The average Bonchev–Trinajstić information content (AvgIpc) is 3.26. The number of fused-ring (bicyclic) bond motifs is 4. The number of rotatable bonds is 2. The van der Waals surface area contributed by atoms with E-state index >= 15 is 0 Å². The Bertz CT molecular complexity index is 1140. The third kappa shape index (κ3) is 2.25. The van der Waals surface area contributed by atoms with Gasteiger partial charge in [0.15, 0.2) is 0 Å². The minimum absolute atomic E-state index is 0.517. The van der Waals surface area contributed by atoms with Gasteiger partial charge in [-0.25, -0.2) is 15.0 Å². The Hall–Kier alpha value is -2.73. The van der Waals surface area contributed by atoms with E-state index in [0.29, 0.717) is 5.88 Å². The maximum atomic E-state index is 5.68. The highest BCUT2D eigenvalue weighted by Gasteiger charge is 2.20. The normalized spacial score (nSPS) is 13.2. The lowest BCUT2D eigenvalue weighted by Crippen LogP contribution is -1.93. The van der Waals surface area contributed by atoms with Gasteiger partial charge in [-0.15, -0.1) is 11.3 Å². The Kier molecular flexibility index (Phi) is 3.15. The number of nitrogens with zero attached hydrogens (tertiary/aromatic N) is 3. The smallest absolute Gasteiger partial charge is 0.232 e. The van der Waals surface area contributed by atoms with E-state index in [0.717, 1.165) is 51.5 Å². The molecule has 0 spiro atoms. The van der Waals surface area contributed by atoms with Crippen LogP contribution in [0.25, 0.3) is 31.8 Å². The molecule has 0 bridgehead atoms. The molecule has 5 rings (SSSR count). The summed E-state index contributed by atoms with van der Waals surface area (Å²) in [4.78, 5) is 13.9. The van der Waals surface area contributed by atoms with Gasteiger partial charge in [-0.05, 0) is 36.8 Å². The first-order valence-corrected chi connectivity index (χ1v) is 8.91. The number of thiazole rings is 1. The minimum atomic E-state index is 0.517. The van der Waals surface area contributed by atoms with Gasteiger partial charge in [-0.3, -0.25) is 0 Å². The minimum Gasteiger partial charge on any atom is -0.493 e. The molecule has 4 aromatic rings. The molecule has 0 radical (unpaired) electrons. The average molecular weight is 349 g/mol. The highest BCUT2D eigenvalue weighted by Crippen LogP contribution is 2.40. The van der Waals surface area contributed by atoms with E-state index in [1.807, 2.05) is 18.2 Å². The molecule has 0 amide bonds. The van der Waals surface area contributed by atoms with Gasteiger partial charge in [0.1, 0.15) is 10.8 Å². The first-order chi connectivity index (χ1) is 12.2. The summed E-state index contributed by atoms with van der Waals surface area (Å²) in [6, 6.07) is 8.20. The van der Waals surface area contributed by atoms with Gasteiger partial charge in [0.25, 0.3) is 0 Å². The van der Waals surface area contributed by atoms with E-state index in [9.17, 15) is 0 Å². The molecule has 0 aliphatic carbocycles. The van der Waals surface area contributed by atoms with Gasteiger partial charge in [-0.2, -0.15) is 0 Å². The van der Waals surface area contributed by atoms with Gasteiger partial charge in [-0.1, -0.05) is 0 Å². The summed E-state index contributed by atoms with van der Waals surface area (Å²) in [5.74, 6) is 1.50. The van der Waals surface area contributed by atoms with E-state index in [2.05, 4.69) is 23.0 Å². The number of ether oxygens (including phenoxy) is 2. The van der Waals surface area contributed by atoms with Crippen molar-refractivity contribution in [1.29, 1.82) is 0 Å². The molecule has 6 heteroatoms. The molecular weight excluding hydrogens is 334 g/mol. The highest BCUT2D eigenvalue weighted by molar-refractivity contribution is 7.22. The molecule has 124 valence electrons. The van der Waals surface area contributed by atoms with Crippen LogP contribution < -0.4 is 9.47 Å². The topological polar surface area (TPSA) is 57.1 Å². The highest BCUT2D eigenvalue weighted by atomic mass is 32.1. The molecular formula is C19H15N3O2S. The van der Waals surface area contributed by atoms with Crippen molar-refractivity contribution in [1.82, 2.24) is 15.0 Å². The summed E-state index contributed by atoms with van der Waals surface area (Å²) in [5, 5.41) is 0.962. The number of aryl methyl sites for hydroxylation is 1. The Morgan fingerprint density at radius 2 is 2.08 bits per heavy atom. The fraction of sp³-hybridized carbons (Fsp3) is 0.211. The molecule has 2 aromatic heterocycles. The van der Waals surface area contributed by atoms with Crippen LogP contribution in [0.4, 0.5) is 0 Å². The predicted octanol–water partition coefficient (Wildman–Crippen LogP) is 4.16. The first kappa shape index (κ1) is 14.6. The molecule has 25 heavy (non-hydrogen) atoms. The summed E-state index contributed by atoms with van der Waals surface area (Å²) in [6.45, 7) is 2.81. The van der Waals surface area contributed by atoms with Crippen molar-refractivity contribution in [3.63, 3.8) is 0 Å². The lowest BCUT2D eigenvalue weighted by Gasteiger charge is -2.06. The van der Waals surface area contributed by atoms with Crippen molar-refractivity contribution in [2.75, 3.05) is 13.7 Å². The Labute approximate surface area is 148 Å². The van der Waals surface area contributed by atoms with Crippen LogP contribution in [0.2, 0.25) is 0 Å². The van der Waals surface area contributed by atoms with Crippen molar-refractivity contribution >= 4 is 32.6 Å². The SMILES string of the molecule is COc1cnc2c(-c3nc4ccc5c(c4s3)CCO5)cc(C)cc2n1. The van der Waals surface area contributed by atoms with E-state index in [4.69, 9.17) is 14.5 Å². The van der Waals surface area contributed by atoms with Gasteiger partial charge < -0.3 is 9.47 Å². The molecule has 2 aromatic carbocycles. The van der Waals surface area contributed by atoms with Crippen LogP contribution in [-0.2, 0) is 6.42 Å². The monoisotopic (exact) mass is 349 g/mol. The lowest BCUT2D eigenvalue weighted by atomic mass is 10.1. The van der Waals surface area contributed by atoms with Crippen LogP contribution in [0.5, 0.6) is 11.6 Å². The summed E-state index contributed by atoms with van der Waals surface area (Å²) in [6.07, 6.45) is 2.60. The Morgan fingerprint density at radius 3 is 2.96 bits per heavy atom. The van der Waals surface area contributed by atoms with Crippen LogP contribution >= 0.6 is 11.3 Å². The largest absolute Gasteiger partial charge is 0.493 e. The molecule has 1 aliphatic heterocycles. The van der Waals surface area contributed by atoms with Gasteiger partial charge in [0.05, 0.1) is 41.2 Å². The van der Waals surface area contributed by atoms with Gasteiger partial charge in [0.2, 0.25) is 5.88 Å². The second-order valence-electron chi connectivity index (χ2n) is 6.10. The molecule has 0 saturated heterocycles. The van der Waals surface area contributed by atoms with Gasteiger partial charge >= 0.3 is 0 Å². The van der Waals surface area contributed by atoms with E-state index in [1.54, 1.807) is 24.6 Å². The van der Waals surface area contributed by atoms with Crippen LogP contribution in [-0.4, -0.2) is 28.7 Å².